The van der Waals surface area contributed by atoms with E-state index in [1.54, 1.807) is 25.2 Å². The molecule has 2 N–H and O–H groups in total. The van der Waals surface area contributed by atoms with Gasteiger partial charge >= 0.3 is 0 Å². The summed E-state index contributed by atoms with van der Waals surface area (Å²) in [5, 5.41) is 17.3. The number of nitrogens with zero attached hydrogens (tertiary/aromatic N) is 1. The Bertz CT molecular complexity index is 1040. The second kappa shape index (κ2) is 12.9. The molecule has 7 nitrogen and oxygen atoms in total. The Morgan fingerprint density at radius 3 is 2.64 bits per heavy atom. The van der Waals surface area contributed by atoms with Crippen molar-refractivity contribution >= 4 is 29.1 Å². The van der Waals surface area contributed by atoms with E-state index in [0.29, 0.717) is 6.42 Å². The molecule has 0 spiro atoms. The molecule has 2 aliphatic rings. The number of aromatic nitrogens is 1. The van der Waals surface area contributed by atoms with Crippen molar-refractivity contribution < 1.29 is 24.2 Å². The quantitative estimate of drug-likeness (QED) is 0.435. The van der Waals surface area contributed by atoms with Gasteiger partial charge in [-0.25, -0.2) is 4.98 Å². The van der Waals surface area contributed by atoms with E-state index in [1.807, 2.05) is 39.2 Å². The first kappa shape index (κ1) is 31.9. The Labute approximate surface area is 239 Å². The van der Waals surface area contributed by atoms with Crippen LogP contribution in [-0.2, 0) is 19.1 Å². The lowest BCUT2D eigenvalue weighted by Gasteiger charge is -2.37. The van der Waals surface area contributed by atoms with Gasteiger partial charge < -0.3 is 19.9 Å². The van der Waals surface area contributed by atoms with Gasteiger partial charge in [0.2, 0.25) is 5.91 Å². The minimum Gasteiger partial charge on any atom is -0.392 e. The van der Waals surface area contributed by atoms with Crippen molar-refractivity contribution in [3.8, 4) is 0 Å². The van der Waals surface area contributed by atoms with Crippen LogP contribution in [0.1, 0.15) is 105 Å². The molecule has 0 bridgehead atoms. The highest BCUT2D eigenvalue weighted by atomic mass is 32.1. The third kappa shape index (κ3) is 7.99. The number of carbonyl (C=O) groups is 2. The van der Waals surface area contributed by atoms with Crippen LogP contribution in [0, 0.1) is 24.2 Å². The summed E-state index contributed by atoms with van der Waals surface area (Å²) in [6, 6.07) is -0.253. The first-order valence-corrected chi connectivity index (χ1v) is 15.5. The Kier molecular flexibility index (Phi) is 10.6. The second-order valence-corrected chi connectivity index (χ2v) is 13.8. The lowest BCUT2D eigenvalue weighted by atomic mass is 9.72. The van der Waals surface area contributed by atoms with Crippen molar-refractivity contribution in [3.63, 3.8) is 0 Å². The van der Waals surface area contributed by atoms with E-state index in [0.717, 1.165) is 42.0 Å². The average Bonchev–Trinajstić information content (AvgIpc) is 3.31. The molecular formula is C31H50N2O5S. The van der Waals surface area contributed by atoms with Gasteiger partial charge in [0.05, 0.1) is 58.6 Å². The van der Waals surface area contributed by atoms with E-state index >= 15 is 0 Å². The average molecular weight is 563 g/mol. The number of nitrogens with one attached hydrogen (secondary N) is 1. The number of hydrogen-bond acceptors (Lipinski definition) is 7. The summed E-state index contributed by atoms with van der Waals surface area (Å²) in [5.74, 6) is -0.588. The van der Waals surface area contributed by atoms with Crippen LogP contribution >= 0.6 is 11.3 Å². The smallest absolute Gasteiger partial charge is 0.223 e. The molecule has 8 heteroatoms. The van der Waals surface area contributed by atoms with Crippen molar-refractivity contribution in [2.75, 3.05) is 0 Å². The van der Waals surface area contributed by atoms with E-state index in [1.165, 1.54) is 0 Å². The number of hydrogen-bond donors (Lipinski definition) is 2. The van der Waals surface area contributed by atoms with Gasteiger partial charge in [0, 0.05) is 17.7 Å². The molecule has 0 radical (unpaired) electrons. The van der Waals surface area contributed by atoms with Crippen molar-refractivity contribution in [2.45, 2.75) is 137 Å². The van der Waals surface area contributed by atoms with Gasteiger partial charge in [-0.15, -0.1) is 11.3 Å². The van der Waals surface area contributed by atoms with Crippen LogP contribution < -0.4 is 5.32 Å². The molecule has 1 aromatic heterocycles. The third-order valence-electron chi connectivity index (χ3n) is 8.99. The topological polar surface area (TPSA) is 101 Å². The fourth-order valence-electron chi connectivity index (χ4n) is 5.79. The first-order chi connectivity index (χ1) is 18.2. The number of ketones is 1. The van der Waals surface area contributed by atoms with Gasteiger partial charge in [-0.2, -0.15) is 0 Å². The molecule has 3 rings (SSSR count). The summed E-state index contributed by atoms with van der Waals surface area (Å²) in [4.78, 5) is 31.6. The molecule has 1 aromatic rings. The fourth-order valence-corrected chi connectivity index (χ4v) is 6.36. The van der Waals surface area contributed by atoms with Gasteiger partial charge in [0.1, 0.15) is 5.78 Å². The van der Waals surface area contributed by atoms with Gasteiger partial charge in [-0.1, -0.05) is 41.0 Å². The van der Waals surface area contributed by atoms with Gasteiger partial charge in [0.25, 0.3) is 0 Å². The van der Waals surface area contributed by atoms with Crippen molar-refractivity contribution in [1.29, 1.82) is 0 Å². The molecule has 0 aliphatic carbocycles. The van der Waals surface area contributed by atoms with Crippen LogP contribution in [0.15, 0.2) is 11.0 Å². The highest BCUT2D eigenvalue weighted by Gasteiger charge is 2.52. The largest absolute Gasteiger partial charge is 0.392 e. The molecule has 8 atom stereocenters. The molecule has 0 saturated carbocycles. The Morgan fingerprint density at radius 2 is 2.03 bits per heavy atom. The van der Waals surface area contributed by atoms with Gasteiger partial charge in [-0.3, -0.25) is 9.59 Å². The lowest BCUT2D eigenvalue weighted by molar-refractivity contribution is -0.147. The first-order valence-electron chi connectivity index (χ1n) is 14.6. The van der Waals surface area contributed by atoms with E-state index in [4.69, 9.17) is 9.47 Å². The lowest BCUT2D eigenvalue weighted by Crippen LogP contribution is -2.48. The van der Waals surface area contributed by atoms with Crippen molar-refractivity contribution in [3.05, 3.63) is 21.7 Å². The Morgan fingerprint density at radius 1 is 1.33 bits per heavy atom. The number of amides is 1. The number of aliphatic hydroxyl groups excluding tert-OH is 1. The van der Waals surface area contributed by atoms with Crippen molar-refractivity contribution in [1.82, 2.24) is 10.3 Å². The standard InChI is InChI=1S/C31H50N2O5S/c1-10-20(4)37-28-18(2)12-11-13-31(9)26(38-31)15-24(19(3)14-23-17-39-22(6)32-23)33-27(35)16-25(34)30(7,8)29(36)21(28)5/h14,17-18,20-21,24-26,28,34H,10-13,15-16H2,1-9H3,(H,33,35)/b19-14+/t18-,20?,21+,24-,25-,26-,28-,31+/m0/s1. The number of epoxide rings is 1. The number of thiazole rings is 1. The summed E-state index contributed by atoms with van der Waals surface area (Å²) < 4.78 is 12.6. The summed E-state index contributed by atoms with van der Waals surface area (Å²) in [6.07, 6.45) is 4.88. The molecule has 1 amide bonds. The SMILES string of the molecule is CCC(C)O[C@H]1[C@@H](C)CCC[C@@]2(C)O[C@H]2C[C@@H](/C(C)=C/c2csc(C)n2)NC(=O)C[C@H](O)C(C)(C)C(=O)[C@@H]1C. The van der Waals surface area contributed by atoms with Crippen LogP contribution in [-0.4, -0.2) is 57.8 Å². The molecular weight excluding hydrogens is 512 g/mol. The molecule has 2 fully saturated rings. The second-order valence-electron chi connectivity index (χ2n) is 12.7. The zero-order valence-corrected chi connectivity index (χ0v) is 26.2. The number of ether oxygens (including phenoxy) is 2. The molecule has 3 heterocycles. The minimum atomic E-state index is -1.12. The molecule has 2 aliphatic heterocycles. The molecule has 39 heavy (non-hydrogen) atoms. The highest BCUT2D eigenvalue weighted by Crippen LogP contribution is 2.44. The van der Waals surface area contributed by atoms with Crippen molar-refractivity contribution in [2.24, 2.45) is 17.3 Å². The van der Waals surface area contributed by atoms with Gasteiger partial charge in [0.15, 0.2) is 0 Å². The number of aliphatic hydroxyl groups is 1. The Hall–Kier alpha value is -1.61. The van der Waals surface area contributed by atoms with Crippen LogP contribution in [0.2, 0.25) is 0 Å². The maximum absolute atomic E-state index is 13.8. The fraction of sp³-hybridized carbons (Fsp3) is 0.774. The molecule has 2 saturated heterocycles. The van der Waals surface area contributed by atoms with Crippen LogP contribution in [0.4, 0.5) is 0 Å². The van der Waals surface area contributed by atoms with Gasteiger partial charge in [-0.05, 0) is 64.5 Å². The normalized spacial score (nSPS) is 35.7. The molecule has 220 valence electrons. The van der Waals surface area contributed by atoms with Crippen LogP contribution in [0.3, 0.4) is 0 Å². The predicted molar refractivity (Wildman–Crippen MR) is 157 cm³/mol. The predicted octanol–water partition coefficient (Wildman–Crippen LogP) is 5.87. The monoisotopic (exact) mass is 562 g/mol. The number of carbonyl (C=O) groups excluding carboxylic acids is 2. The van der Waals surface area contributed by atoms with E-state index in [2.05, 4.69) is 31.1 Å². The number of fused-ring (bicyclic) bond motifs is 1. The summed E-state index contributed by atoms with van der Waals surface area (Å²) in [7, 11) is 0. The maximum Gasteiger partial charge on any atom is 0.223 e. The van der Waals surface area contributed by atoms with E-state index < -0.39 is 17.4 Å². The maximum atomic E-state index is 13.8. The molecule has 1 unspecified atom stereocenters. The minimum absolute atomic E-state index is 0.0344. The zero-order chi connectivity index (χ0) is 29.1. The van der Waals surface area contributed by atoms with E-state index in [9.17, 15) is 14.7 Å². The number of rotatable bonds is 5. The number of aryl methyl sites for hydroxylation is 1. The van der Waals surface area contributed by atoms with Crippen LogP contribution in [0.25, 0.3) is 6.08 Å². The zero-order valence-electron chi connectivity index (χ0n) is 25.4. The third-order valence-corrected chi connectivity index (χ3v) is 9.79. The van der Waals surface area contributed by atoms with E-state index in [-0.39, 0.29) is 54.0 Å². The summed E-state index contributed by atoms with van der Waals surface area (Å²) >= 11 is 1.59. The van der Waals surface area contributed by atoms with Crippen LogP contribution in [0.5, 0.6) is 0 Å². The summed E-state index contributed by atoms with van der Waals surface area (Å²) in [6.45, 7) is 17.8. The highest BCUT2D eigenvalue weighted by molar-refractivity contribution is 7.09. The summed E-state index contributed by atoms with van der Waals surface area (Å²) in [5.41, 5.74) is 0.540. The molecule has 0 aromatic carbocycles. The Balaban J connectivity index is 1.88. The number of Topliss-reactive ketones (excluding diaryl/α,β-unsaturated/α-hetero) is 1.